The van der Waals surface area contributed by atoms with Crippen LogP contribution in [0.1, 0.15) is 36.9 Å². The molecule has 3 aliphatic rings. The molecule has 2 fully saturated rings. The van der Waals surface area contributed by atoms with Gasteiger partial charge in [-0.2, -0.15) is 0 Å². The van der Waals surface area contributed by atoms with Crippen LogP contribution >= 0.6 is 0 Å². The van der Waals surface area contributed by atoms with Gasteiger partial charge in [-0.25, -0.2) is 0 Å². The van der Waals surface area contributed by atoms with Crippen molar-refractivity contribution < 1.29 is 9.53 Å². The predicted octanol–water partition coefficient (Wildman–Crippen LogP) is 1.86. The highest BCUT2D eigenvalue weighted by Gasteiger charge is 2.33. The molecular formula is C19H27N3O2. The minimum absolute atomic E-state index is 0.166. The number of likely N-dealkylation sites (tertiary alicyclic amines) is 1. The summed E-state index contributed by atoms with van der Waals surface area (Å²) in [5.41, 5.74) is 2.38. The summed E-state index contributed by atoms with van der Waals surface area (Å²) in [5.74, 6) is 0.515. The molecule has 4 rings (SSSR count). The number of nitrogens with zero attached hydrogens (tertiary/aromatic N) is 3. The molecule has 0 N–H and O–H groups in total. The average molecular weight is 329 g/mol. The van der Waals surface area contributed by atoms with Gasteiger partial charge in [-0.3, -0.25) is 14.7 Å². The van der Waals surface area contributed by atoms with Crippen LogP contribution in [0.5, 0.6) is 0 Å². The van der Waals surface area contributed by atoms with Crippen LogP contribution in [0.2, 0.25) is 0 Å². The van der Waals surface area contributed by atoms with Crippen LogP contribution in [-0.4, -0.2) is 59.6 Å². The van der Waals surface area contributed by atoms with Gasteiger partial charge in [0.2, 0.25) is 5.91 Å². The lowest BCUT2D eigenvalue weighted by atomic mass is 9.92. The first-order valence-electron chi connectivity index (χ1n) is 9.34. The fourth-order valence-electron chi connectivity index (χ4n) is 4.40. The van der Waals surface area contributed by atoms with Gasteiger partial charge in [0.05, 0.1) is 5.92 Å². The van der Waals surface area contributed by atoms with Crippen LogP contribution in [0.15, 0.2) is 18.3 Å². The molecule has 24 heavy (non-hydrogen) atoms. The molecule has 2 saturated heterocycles. The van der Waals surface area contributed by atoms with Gasteiger partial charge in [-0.15, -0.1) is 0 Å². The number of amides is 1. The molecule has 5 nitrogen and oxygen atoms in total. The van der Waals surface area contributed by atoms with E-state index in [4.69, 9.17) is 4.74 Å². The first-order valence-corrected chi connectivity index (χ1v) is 9.34. The molecule has 130 valence electrons. The zero-order valence-corrected chi connectivity index (χ0v) is 14.3. The molecule has 4 heterocycles. The van der Waals surface area contributed by atoms with E-state index < -0.39 is 0 Å². The van der Waals surface area contributed by atoms with E-state index in [-0.39, 0.29) is 5.92 Å². The number of rotatable bonds is 2. The van der Waals surface area contributed by atoms with Crippen LogP contribution in [0, 0.1) is 5.92 Å². The first kappa shape index (κ1) is 16.0. The van der Waals surface area contributed by atoms with Crippen molar-refractivity contribution in [1.29, 1.82) is 0 Å². The predicted molar refractivity (Wildman–Crippen MR) is 91.5 cm³/mol. The third kappa shape index (κ3) is 3.33. The van der Waals surface area contributed by atoms with Crippen molar-refractivity contribution in [2.24, 2.45) is 5.92 Å². The largest absolute Gasteiger partial charge is 0.381 e. The minimum atomic E-state index is 0.166. The SMILES string of the molecule is O=C(C1CCCN(C2CCOCC2)C1)N1CCc2ncccc2C1. The first-order chi connectivity index (χ1) is 11.8. The monoisotopic (exact) mass is 329 g/mol. The highest BCUT2D eigenvalue weighted by atomic mass is 16.5. The zero-order chi connectivity index (χ0) is 16.4. The molecule has 0 radical (unpaired) electrons. The number of carbonyl (C=O) groups is 1. The Morgan fingerprint density at radius 2 is 2.08 bits per heavy atom. The topological polar surface area (TPSA) is 45.7 Å². The smallest absolute Gasteiger partial charge is 0.227 e. The molecule has 3 aliphatic heterocycles. The van der Waals surface area contributed by atoms with E-state index in [1.54, 1.807) is 0 Å². The second kappa shape index (κ2) is 7.19. The van der Waals surface area contributed by atoms with E-state index in [0.29, 0.717) is 11.9 Å². The summed E-state index contributed by atoms with van der Waals surface area (Å²) in [7, 11) is 0. The number of pyridine rings is 1. The number of hydrogen-bond donors (Lipinski definition) is 0. The molecule has 0 bridgehead atoms. The Morgan fingerprint density at radius 1 is 1.21 bits per heavy atom. The van der Waals surface area contributed by atoms with Crippen LogP contribution in [-0.2, 0) is 22.5 Å². The third-order valence-corrected chi connectivity index (χ3v) is 5.79. The molecule has 1 aromatic heterocycles. The number of aromatic nitrogens is 1. The lowest BCUT2D eigenvalue weighted by molar-refractivity contribution is -0.139. The average Bonchev–Trinajstić information content (AvgIpc) is 2.68. The lowest BCUT2D eigenvalue weighted by Crippen LogP contribution is -2.50. The summed E-state index contributed by atoms with van der Waals surface area (Å²) in [6, 6.07) is 4.69. The van der Waals surface area contributed by atoms with Gasteiger partial charge in [0, 0.05) is 57.2 Å². The minimum Gasteiger partial charge on any atom is -0.381 e. The summed E-state index contributed by atoms with van der Waals surface area (Å²) >= 11 is 0. The molecule has 1 aromatic rings. The lowest BCUT2D eigenvalue weighted by Gasteiger charge is -2.41. The number of piperidine rings is 1. The Hall–Kier alpha value is -1.46. The van der Waals surface area contributed by atoms with Crippen molar-refractivity contribution in [3.05, 3.63) is 29.6 Å². The highest BCUT2D eigenvalue weighted by Crippen LogP contribution is 2.26. The van der Waals surface area contributed by atoms with Gasteiger partial charge in [0.1, 0.15) is 0 Å². The van der Waals surface area contributed by atoms with Crippen molar-refractivity contribution in [1.82, 2.24) is 14.8 Å². The summed E-state index contributed by atoms with van der Waals surface area (Å²) in [6.07, 6.45) is 7.14. The molecule has 1 amide bonds. The van der Waals surface area contributed by atoms with Gasteiger partial charge >= 0.3 is 0 Å². The van der Waals surface area contributed by atoms with Crippen LogP contribution in [0.25, 0.3) is 0 Å². The molecule has 0 aliphatic carbocycles. The van der Waals surface area contributed by atoms with Crippen molar-refractivity contribution in [3.63, 3.8) is 0 Å². The van der Waals surface area contributed by atoms with Crippen molar-refractivity contribution >= 4 is 5.91 Å². The Balaban J connectivity index is 1.39. The molecule has 0 spiro atoms. The van der Waals surface area contributed by atoms with E-state index in [0.717, 1.165) is 77.2 Å². The normalized spacial score (nSPS) is 26.2. The van der Waals surface area contributed by atoms with Crippen LogP contribution < -0.4 is 0 Å². The number of hydrogen-bond acceptors (Lipinski definition) is 4. The Labute approximate surface area is 144 Å². The zero-order valence-electron chi connectivity index (χ0n) is 14.3. The maximum Gasteiger partial charge on any atom is 0.227 e. The Kier molecular flexibility index (Phi) is 4.81. The van der Waals surface area contributed by atoms with E-state index in [2.05, 4.69) is 20.9 Å². The number of fused-ring (bicyclic) bond motifs is 1. The van der Waals surface area contributed by atoms with Crippen LogP contribution in [0.3, 0.4) is 0 Å². The second-order valence-corrected chi connectivity index (χ2v) is 7.30. The van der Waals surface area contributed by atoms with E-state index >= 15 is 0 Å². The van der Waals surface area contributed by atoms with Gasteiger partial charge < -0.3 is 9.64 Å². The van der Waals surface area contributed by atoms with E-state index in [1.807, 2.05) is 12.3 Å². The van der Waals surface area contributed by atoms with Gasteiger partial charge in [-0.05, 0) is 43.9 Å². The summed E-state index contributed by atoms with van der Waals surface area (Å²) in [4.78, 5) is 22.1. The Morgan fingerprint density at radius 3 is 2.96 bits per heavy atom. The summed E-state index contributed by atoms with van der Waals surface area (Å²) in [6.45, 7) is 5.36. The molecular weight excluding hydrogens is 302 g/mol. The quantitative estimate of drug-likeness (QED) is 0.831. The molecule has 1 unspecified atom stereocenters. The summed E-state index contributed by atoms with van der Waals surface area (Å²) < 4.78 is 5.49. The van der Waals surface area contributed by atoms with Gasteiger partial charge in [-0.1, -0.05) is 6.07 Å². The maximum absolute atomic E-state index is 13.0. The molecule has 1 atom stereocenters. The maximum atomic E-state index is 13.0. The van der Waals surface area contributed by atoms with Crippen LogP contribution in [0.4, 0.5) is 0 Å². The second-order valence-electron chi connectivity index (χ2n) is 7.30. The highest BCUT2D eigenvalue weighted by molar-refractivity contribution is 5.79. The molecule has 0 aromatic carbocycles. The number of carbonyl (C=O) groups excluding carboxylic acids is 1. The van der Waals surface area contributed by atoms with Gasteiger partial charge in [0.15, 0.2) is 0 Å². The molecule has 5 heteroatoms. The number of ether oxygens (including phenoxy) is 1. The van der Waals surface area contributed by atoms with E-state index in [1.165, 1.54) is 5.56 Å². The van der Waals surface area contributed by atoms with E-state index in [9.17, 15) is 4.79 Å². The van der Waals surface area contributed by atoms with Crippen molar-refractivity contribution in [2.45, 2.75) is 44.7 Å². The van der Waals surface area contributed by atoms with Crippen molar-refractivity contribution in [3.8, 4) is 0 Å². The van der Waals surface area contributed by atoms with Gasteiger partial charge in [0.25, 0.3) is 0 Å². The Bertz CT molecular complexity index is 586. The third-order valence-electron chi connectivity index (χ3n) is 5.79. The molecule has 0 saturated carbocycles. The fourth-order valence-corrected chi connectivity index (χ4v) is 4.40. The standard InChI is InChI=1S/C19H27N3O2/c23-19(22-10-5-18-15(13-22)3-1-8-20-18)16-4-2-9-21(14-16)17-6-11-24-12-7-17/h1,3,8,16-17H,2,4-7,9-14H2. The fraction of sp³-hybridized carbons (Fsp3) is 0.684. The summed E-state index contributed by atoms with van der Waals surface area (Å²) in [5, 5.41) is 0. The van der Waals surface area contributed by atoms with Crippen molar-refractivity contribution in [2.75, 3.05) is 32.8 Å².